The first-order valence-electron chi connectivity index (χ1n) is 7.67. The van der Waals surface area contributed by atoms with Crippen molar-refractivity contribution in [2.75, 3.05) is 18.0 Å². The van der Waals surface area contributed by atoms with Gasteiger partial charge >= 0.3 is 0 Å². The van der Waals surface area contributed by atoms with Crippen LogP contribution in [-0.4, -0.2) is 29.0 Å². The Bertz CT molecular complexity index is 668. The molecule has 4 heterocycles. The number of pyridine rings is 2. The van der Waals surface area contributed by atoms with Gasteiger partial charge in [-0.3, -0.25) is 14.8 Å². The van der Waals surface area contributed by atoms with Crippen LogP contribution in [0.3, 0.4) is 0 Å². The number of aromatic nitrogens is 2. The maximum absolute atomic E-state index is 13.0. The largest absolute Gasteiger partial charge is 0.317 e. The molecule has 2 aliphatic heterocycles. The van der Waals surface area contributed by atoms with Gasteiger partial charge in [0.2, 0.25) is 5.91 Å². The molecule has 0 aliphatic carbocycles. The van der Waals surface area contributed by atoms with Gasteiger partial charge in [0, 0.05) is 18.6 Å². The zero-order valence-electron chi connectivity index (χ0n) is 12.3. The van der Waals surface area contributed by atoms with E-state index in [0.717, 1.165) is 37.2 Å². The molecule has 0 radical (unpaired) electrons. The van der Waals surface area contributed by atoms with Crippen molar-refractivity contribution in [3.8, 4) is 0 Å². The van der Waals surface area contributed by atoms with Crippen LogP contribution < -0.4 is 10.2 Å². The minimum Gasteiger partial charge on any atom is -0.317 e. The van der Waals surface area contributed by atoms with E-state index in [4.69, 9.17) is 0 Å². The quantitative estimate of drug-likeness (QED) is 0.860. The Morgan fingerprint density at radius 2 is 1.82 bits per heavy atom. The van der Waals surface area contributed by atoms with Crippen molar-refractivity contribution in [2.45, 2.75) is 18.9 Å². The molecule has 1 atom stereocenters. The molecule has 2 fully saturated rings. The van der Waals surface area contributed by atoms with Gasteiger partial charge < -0.3 is 10.2 Å². The number of β-lactam (4-membered cyclic amide) rings is 1. The lowest BCUT2D eigenvalue weighted by Crippen LogP contribution is -2.66. The molecule has 0 bridgehead atoms. The van der Waals surface area contributed by atoms with Crippen LogP contribution in [0.15, 0.2) is 49.1 Å². The molecule has 4 rings (SSSR count). The number of rotatable bonds is 2. The maximum atomic E-state index is 13.0. The molecule has 2 saturated heterocycles. The minimum absolute atomic E-state index is 0.0556. The number of carbonyl (C=O) groups excluding carboxylic acids is 1. The normalized spacial score (nSPS) is 23.4. The number of anilines is 1. The SMILES string of the molecule is O=C1N(c2cccnc2)C(c2cccnc2)C12CCNCC2. The zero-order valence-corrected chi connectivity index (χ0v) is 12.3. The minimum atomic E-state index is -0.288. The summed E-state index contributed by atoms with van der Waals surface area (Å²) in [7, 11) is 0. The number of amides is 1. The van der Waals surface area contributed by atoms with E-state index in [2.05, 4.69) is 21.4 Å². The summed E-state index contributed by atoms with van der Waals surface area (Å²) in [5.41, 5.74) is 1.68. The summed E-state index contributed by atoms with van der Waals surface area (Å²) in [6.45, 7) is 1.78. The Labute approximate surface area is 129 Å². The van der Waals surface area contributed by atoms with E-state index in [-0.39, 0.29) is 17.4 Å². The van der Waals surface area contributed by atoms with Gasteiger partial charge in [-0.05, 0) is 49.7 Å². The molecule has 1 unspecified atom stereocenters. The van der Waals surface area contributed by atoms with Crippen LogP contribution in [0.5, 0.6) is 0 Å². The van der Waals surface area contributed by atoms with Crippen molar-refractivity contribution in [3.63, 3.8) is 0 Å². The van der Waals surface area contributed by atoms with E-state index in [9.17, 15) is 4.79 Å². The molecule has 5 nitrogen and oxygen atoms in total. The lowest BCUT2D eigenvalue weighted by molar-refractivity contribution is -0.142. The van der Waals surface area contributed by atoms with E-state index < -0.39 is 0 Å². The molecule has 0 saturated carbocycles. The average Bonchev–Trinajstić information content (AvgIpc) is 2.61. The molecular weight excluding hydrogens is 276 g/mol. The van der Waals surface area contributed by atoms with Gasteiger partial charge in [-0.1, -0.05) is 6.07 Å². The van der Waals surface area contributed by atoms with E-state index in [0.29, 0.717) is 0 Å². The van der Waals surface area contributed by atoms with E-state index in [1.807, 2.05) is 29.3 Å². The zero-order chi connectivity index (χ0) is 15.0. The van der Waals surface area contributed by atoms with Crippen molar-refractivity contribution in [1.29, 1.82) is 0 Å². The lowest BCUT2D eigenvalue weighted by Gasteiger charge is -2.57. The van der Waals surface area contributed by atoms with E-state index in [1.165, 1.54) is 0 Å². The third-order valence-corrected chi connectivity index (χ3v) is 4.85. The summed E-state index contributed by atoms with van der Waals surface area (Å²) in [6.07, 6.45) is 8.89. The predicted molar refractivity (Wildman–Crippen MR) is 83.2 cm³/mol. The molecule has 22 heavy (non-hydrogen) atoms. The monoisotopic (exact) mass is 294 g/mol. The van der Waals surface area contributed by atoms with Crippen LogP contribution in [0.1, 0.15) is 24.4 Å². The second-order valence-corrected chi connectivity index (χ2v) is 5.98. The number of nitrogens with zero attached hydrogens (tertiary/aromatic N) is 3. The molecule has 1 spiro atoms. The third kappa shape index (κ3) is 1.85. The average molecular weight is 294 g/mol. The topological polar surface area (TPSA) is 58.1 Å². The summed E-state index contributed by atoms with van der Waals surface area (Å²) < 4.78 is 0. The standard InChI is InChI=1S/C17H18N4O/c22-16-17(5-9-18-10-6-17)15(13-3-1-7-19-11-13)21(16)14-4-2-8-20-12-14/h1-4,7-8,11-12,15,18H,5-6,9-10H2. The third-order valence-electron chi connectivity index (χ3n) is 4.85. The van der Waals surface area contributed by atoms with Crippen LogP contribution in [0.4, 0.5) is 5.69 Å². The highest BCUT2D eigenvalue weighted by molar-refractivity contribution is 6.06. The van der Waals surface area contributed by atoms with Crippen LogP contribution >= 0.6 is 0 Å². The summed E-state index contributed by atoms with van der Waals surface area (Å²) in [5, 5.41) is 3.36. The van der Waals surface area contributed by atoms with Gasteiger partial charge in [-0.15, -0.1) is 0 Å². The second kappa shape index (κ2) is 5.18. The number of piperidine rings is 1. The Hall–Kier alpha value is -2.27. The van der Waals surface area contributed by atoms with Gasteiger partial charge in [-0.25, -0.2) is 0 Å². The smallest absolute Gasteiger partial charge is 0.236 e. The van der Waals surface area contributed by atoms with Crippen LogP contribution in [0.2, 0.25) is 0 Å². The first kappa shape index (κ1) is 13.4. The Morgan fingerprint density at radius 3 is 2.45 bits per heavy atom. The molecule has 0 aromatic carbocycles. The fraction of sp³-hybridized carbons (Fsp3) is 0.353. The van der Waals surface area contributed by atoms with E-state index in [1.54, 1.807) is 18.6 Å². The molecule has 112 valence electrons. The van der Waals surface area contributed by atoms with Crippen molar-refractivity contribution in [3.05, 3.63) is 54.6 Å². The van der Waals surface area contributed by atoms with Crippen molar-refractivity contribution >= 4 is 11.6 Å². The van der Waals surface area contributed by atoms with Crippen LogP contribution in [-0.2, 0) is 4.79 Å². The van der Waals surface area contributed by atoms with E-state index >= 15 is 0 Å². The fourth-order valence-electron chi connectivity index (χ4n) is 3.78. The number of carbonyl (C=O) groups is 1. The van der Waals surface area contributed by atoms with Crippen LogP contribution in [0, 0.1) is 5.41 Å². The first-order valence-corrected chi connectivity index (χ1v) is 7.67. The Morgan fingerprint density at radius 1 is 1.09 bits per heavy atom. The molecule has 2 aromatic heterocycles. The number of hydrogen-bond acceptors (Lipinski definition) is 4. The first-order chi connectivity index (χ1) is 10.8. The number of nitrogens with one attached hydrogen (secondary N) is 1. The maximum Gasteiger partial charge on any atom is 0.236 e. The highest BCUT2D eigenvalue weighted by Crippen LogP contribution is 2.56. The molecule has 2 aromatic rings. The van der Waals surface area contributed by atoms with Gasteiger partial charge in [0.15, 0.2) is 0 Å². The fourth-order valence-corrected chi connectivity index (χ4v) is 3.78. The molecular formula is C17H18N4O. The summed E-state index contributed by atoms with van der Waals surface area (Å²) in [4.78, 5) is 23.3. The number of hydrogen-bond donors (Lipinski definition) is 1. The highest BCUT2D eigenvalue weighted by Gasteiger charge is 2.61. The van der Waals surface area contributed by atoms with Gasteiger partial charge in [0.25, 0.3) is 0 Å². The van der Waals surface area contributed by atoms with Crippen molar-refractivity contribution < 1.29 is 4.79 Å². The highest BCUT2D eigenvalue weighted by atomic mass is 16.2. The molecule has 1 amide bonds. The molecule has 1 N–H and O–H groups in total. The Kier molecular flexibility index (Phi) is 3.15. The lowest BCUT2D eigenvalue weighted by atomic mass is 9.62. The van der Waals surface area contributed by atoms with Gasteiger partial charge in [-0.2, -0.15) is 0 Å². The van der Waals surface area contributed by atoms with Crippen molar-refractivity contribution in [1.82, 2.24) is 15.3 Å². The second-order valence-electron chi connectivity index (χ2n) is 5.98. The predicted octanol–water partition coefficient (Wildman–Crippen LogP) is 1.93. The summed E-state index contributed by atoms with van der Waals surface area (Å²) >= 11 is 0. The van der Waals surface area contributed by atoms with Gasteiger partial charge in [0.1, 0.15) is 0 Å². The summed E-state index contributed by atoms with van der Waals surface area (Å²) in [6, 6.07) is 7.88. The molecule has 5 heteroatoms. The van der Waals surface area contributed by atoms with Crippen LogP contribution in [0.25, 0.3) is 0 Å². The van der Waals surface area contributed by atoms with Crippen molar-refractivity contribution in [2.24, 2.45) is 5.41 Å². The summed E-state index contributed by atoms with van der Waals surface area (Å²) in [5.74, 6) is 0.218. The Balaban J connectivity index is 1.77. The van der Waals surface area contributed by atoms with Gasteiger partial charge in [0.05, 0.1) is 23.3 Å². The molecule has 2 aliphatic rings.